The third-order valence-electron chi connectivity index (χ3n) is 4.98. The first-order chi connectivity index (χ1) is 11.9. The molecule has 5 nitrogen and oxygen atoms in total. The molecule has 1 heterocycles. The highest BCUT2D eigenvalue weighted by Crippen LogP contribution is 2.24. The molecule has 138 valence electrons. The Balaban J connectivity index is 1.81. The van der Waals surface area contributed by atoms with Crippen LogP contribution in [0.4, 0.5) is 0 Å². The molecule has 0 aliphatic carbocycles. The van der Waals surface area contributed by atoms with Gasteiger partial charge in [-0.1, -0.05) is 6.07 Å². The van der Waals surface area contributed by atoms with Gasteiger partial charge in [0.05, 0.1) is 13.0 Å². The third kappa shape index (κ3) is 5.76. The Morgan fingerprint density at radius 2 is 2.00 bits per heavy atom. The molecule has 1 fully saturated rings. The number of piperidine rings is 1. The minimum absolute atomic E-state index is 0.0991. The van der Waals surface area contributed by atoms with Gasteiger partial charge in [0.2, 0.25) is 5.91 Å². The van der Waals surface area contributed by atoms with E-state index < -0.39 is 5.97 Å². The van der Waals surface area contributed by atoms with Gasteiger partial charge in [-0.05, 0) is 68.7 Å². The van der Waals surface area contributed by atoms with Gasteiger partial charge >= 0.3 is 5.97 Å². The highest BCUT2D eigenvalue weighted by Gasteiger charge is 2.23. The predicted octanol–water partition coefficient (Wildman–Crippen LogP) is 3.48. The molecule has 0 saturated carbocycles. The van der Waals surface area contributed by atoms with Crippen LogP contribution in [0.5, 0.6) is 5.75 Å². The van der Waals surface area contributed by atoms with Gasteiger partial charge in [-0.25, -0.2) is 0 Å². The molecule has 1 N–H and O–H groups in total. The molecule has 1 atom stereocenters. The molecule has 25 heavy (non-hydrogen) atoms. The lowest BCUT2D eigenvalue weighted by Crippen LogP contribution is -2.40. The van der Waals surface area contributed by atoms with Crippen molar-refractivity contribution in [3.63, 3.8) is 0 Å². The molecule has 5 heteroatoms. The molecule has 0 radical (unpaired) electrons. The molecule has 2 rings (SSSR count). The number of amides is 1. The Bertz CT molecular complexity index is 626. The maximum atomic E-state index is 12.4. The highest BCUT2D eigenvalue weighted by atomic mass is 16.5. The molecule has 0 spiro atoms. The number of hydrogen-bond acceptors (Lipinski definition) is 3. The molecule has 0 bridgehead atoms. The molecule has 1 aliphatic heterocycles. The number of carbonyl (C=O) groups excluding carboxylic acids is 1. The molecule has 1 saturated heterocycles. The van der Waals surface area contributed by atoms with Crippen molar-refractivity contribution in [3.8, 4) is 5.75 Å². The normalized spacial score (nSPS) is 17.4. The smallest absolute Gasteiger partial charge is 0.303 e. The topological polar surface area (TPSA) is 66.8 Å². The molecule has 1 unspecified atom stereocenters. The van der Waals surface area contributed by atoms with Crippen molar-refractivity contribution in [3.05, 3.63) is 28.8 Å². The summed E-state index contributed by atoms with van der Waals surface area (Å²) in [6.45, 7) is 7.95. The van der Waals surface area contributed by atoms with Crippen molar-refractivity contribution in [2.45, 2.75) is 52.9 Å². The van der Waals surface area contributed by atoms with Gasteiger partial charge < -0.3 is 14.7 Å². The number of likely N-dealkylation sites (tertiary alicyclic amines) is 1. The fourth-order valence-corrected chi connectivity index (χ4v) is 3.41. The van der Waals surface area contributed by atoms with E-state index >= 15 is 0 Å². The zero-order valence-corrected chi connectivity index (χ0v) is 15.5. The summed E-state index contributed by atoms with van der Waals surface area (Å²) in [6, 6.07) is 4.13. The number of carbonyl (C=O) groups is 2. The van der Waals surface area contributed by atoms with Crippen molar-refractivity contribution in [2.24, 2.45) is 5.92 Å². The first kappa shape index (κ1) is 19.3. The van der Waals surface area contributed by atoms with Crippen LogP contribution >= 0.6 is 0 Å². The second kappa shape index (κ2) is 8.88. The monoisotopic (exact) mass is 347 g/mol. The van der Waals surface area contributed by atoms with Gasteiger partial charge in [-0.15, -0.1) is 0 Å². The molecule has 1 aromatic rings. The molecular formula is C20H29NO4. The number of benzene rings is 1. The average Bonchev–Trinajstić information content (AvgIpc) is 2.57. The standard InChI is InChI=1S/C20H29NO4/c1-14-11-15(2)16(3)18(12-14)25-10-8-19(22)21-9-4-5-17(13-21)6-7-20(23)24/h11-12,17H,4-10,13H2,1-3H3,(H,23,24). The predicted molar refractivity (Wildman–Crippen MR) is 96.9 cm³/mol. The number of aryl methyl sites for hydroxylation is 2. The summed E-state index contributed by atoms with van der Waals surface area (Å²) >= 11 is 0. The van der Waals surface area contributed by atoms with Gasteiger partial charge in [0, 0.05) is 19.5 Å². The molecule has 1 amide bonds. The number of hydrogen-bond donors (Lipinski definition) is 1. The zero-order chi connectivity index (χ0) is 18.4. The molecular weight excluding hydrogens is 318 g/mol. The average molecular weight is 347 g/mol. The van der Waals surface area contributed by atoms with Crippen molar-refractivity contribution in [2.75, 3.05) is 19.7 Å². The molecule has 1 aromatic carbocycles. The number of nitrogens with zero attached hydrogens (tertiary/aromatic N) is 1. The lowest BCUT2D eigenvalue weighted by atomic mass is 9.93. The second-order valence-electron chi connectivity index (χ2n) is 7.08. The summed E-state index contributed by atoms with van der Waals surface area (Å²) in [7, 11) is 0. The fourth-order valence-electron chi connectivity index (χ4n) is 3.41. The highest BCUT2D eigenvalue weighted by molar-refractivity contribution is 5.76. The van der Waals surface area contributed by atoms with Crippen molar-refractivity contribution in [1.29, 1.82) is 0 Å². The van der Waals surface area contributed by atoms with Crippen LogP contribution in [-0.4, -0.2) is 41.6 Å². The SMILES string of the molecule is Cc1cc(C)c(C)c(OCCC(=O)N2CCCC(CCC(=O)O)C2)c1. The summed E-state index contributed by atoms with van der Waals surface area (Å²) in [5.74, 6) is 0.488. The Hall–Kier alpha value is -2.04. The Morgan fingerprint density at radius 1 is 1.24 bits per heavy atom. The summed E-state index contributed by atoms with van der Waals surface area (Å²) in [5, 5.41) is 8.81. The van der Waals surface area contributed by atoms with Gasteiger partial charge in [0.1, 0.15) is 5.75 Å². The number of ether oxygens (including phenoxy) is 1. The molecule has 0 aromatic heterocycles. The van der Waals surface area contributed by atoms with Crippen LogP contribution in [0, 0.1) is 26.7 Å². The number of aliphatic carboxylic acids is 1. The van der Waals surface area contributed by atoms with Crippen molar-refractivity contribution in [1.82, 2.24) is 4.90 Å². The van der Waals surface area contributed by atoms with Gasteiger partial charge in [-0.2, -0.15) is 0 Å². The summed E-state index contributed by atoms with van der Waals surface area (Å²) < 4.78 is 5.84. The summed E-state index contributed by atoms with van der Waals surface area (Å²) in [5.41, 5.74) is 3.46. The number of carboxylic acid groups (broad SMARTS) is 1. The van der Waals surface area contributed by atoms with E-state index in [1.54, 1.807) is 0 Å². The lowest BCUT2D eigenvalue weighted by molar-refractivity contribution is -0.137. The maximum absolute atomic E-state index is 12.4. The summed E-state index contributed by atoms with van der Waals surface area (Å²) in [6.07, 6.45) is 3.15. The van der Waals surface area contributed by atoms with Crippen LogP contribution in [0.15, 0.2) is 12.1 Å². The first-order valence-corrected chi connectivity index (χ1v) is 9.07. The van der Waals surface area contributed by atoms with Crippen LogP contribution in [0.3, 0.4) is 0 Å². The van der Waals surface area contributed by atoms with Crippen LogP contribution in [0.25, 0.3) is 0 Å². The number of carboxylic acids is 1. The van der Waals surface area contributed by atoms with E-state index in [9.17, 15) is 9.59 Å². The Labute approximate surface area is 150 Å². The largest absolute Gasteiger partial charge is 0.493 e. The van der Waals surface area contributed by atoms with Crippen molar-refractivity contribution >= 4 is 11.9 Å². The van der Waals surface area contributed by atoms with Gasteiger partial charge in [0.15, 0.2) is 0 Å². The van der Waals surface area contributed by atoms with E-state index in [0.29, 0.717) is 31.9 Å². The van der Waals surface area contributed by atoms with E-state index in [1.165, 1.54) is 5.56 Å². The van der Waals surface area contributed by atoms with Crippen LogP contribution in [0.1, 0.15) is 48.8 Å². The molecule has 1 aliphatic rings. The fraction of sp³-hybridized carbons (Fsp3) is 0.600. The van der Waals surface area contributed by atoms with Gasteiger partial charge in [0.25, 0.3) is 0 Å². The minimum Gasteiger partial charge on any atom is -0.493 e. The van der Waals surface area contributed by atoms with Crippen LogP contribution in [0.2, 0.25) is 0 Å². The summed E-state index contributed by atoms with van der Waals surface area (Å²) in [4.78, 5) is 25.0. The third-order valence-corrected chi connectivity index (χ3v) is 4.98. The van der Waals surface area contributed by atoms with E-state index in [2.05, 4.69) is 13.0 Å². The van der Waals surface area contributed by atoms with Crippen molar-refractivity contribution < 1.29 is 19.4 Å². The zero-order valence-electron chi connectivity index (χ0n) is 15.5. The second-order valence-corrected chi connectivity index (χ2v) is 7.08. The van der Waals surface area contributed by atoms with E-state index in [-0.39, 0.29) is 12.3 Å². The Morgan fingerprint density at radius 3 is 2.72 bits per heavy atom. The minimum atomic E-state index is -0.763. The van der Waals surface area contributed by atoms with E-state index in [0.717, 1.165) is 36.3 Å². The lowest BCUT2D eigenvalue weighted by Gasteiger charge is -2.32. The van der Waals surface area contributed by atoms with E-state index in [1.807, 2.05) is 24.8 Å². The first-order valence-electron chi connectivity index (χ1n) is 9.07. The van der Waals surface area contributed by atoms with Gasteiger partial charge in [-0.3, -0.25) is 9.59 Å². The maximum Gasteiger partial charge on any atom is 0.303 e. The quantitative estimate of drug-likeness (QED) is 0.820. The van der Waals surface area contributed by atoms with Crippen LogP contribution in [-0.2, 0) is 9.59 Å². The van der Waals surface area contributed by atoms with E-state index in [4.69, 9.17) is 9.84 Å². The van der Waals surface area contributed by atoms with Crippen LogP contribution < -0.4 is 4.74 Å². The number of rotatable bonds is 7. The Kier molecular flexibility index (Phi) is 6.85.